The van der Waals surface area contributed by atoms with Crippen molar-refractivity contribution < 1.29 is 0 Å². The Hall–Kier alpha value is -1.61. The van der Waals surface area contributed by atoms with Crippen molar-refractivity contribution in [1.29, 1.82) is 0 Å². The summed E-state index contributed by atoms with van der Waals surface area (Å²) < 4.78 is 0. The molecule has 0 saturated heterocycles. The first-order valence-electron chi connectivity index (χ1n) is 5.05. The zero-order chi connectivity index (χ0) is 10.7. The minimum absolute atomic E-state index is 0.818. The molecule has 1 aromatic carbocycles. The third-order valence-corrected chi connectivity index (χ3v) is 2.31. The summed E-state index contributed by atoms with van der Waals surface area (Å²) in [5.74, 6) is 0. The van der Waals surface area contributed by atoms with E-state index in [0.717, 1.165) is 23.5 Å². The molecule has 0 radical (unpaired) electrons. The van der Waals surface area contributed by atoms with E-state index in [4.69, 9.17) is 0 Å². The Bertz CT molecular complexity index is 446. The predicted molar refractivity (Wildman–Crippen MR) is 61.5 cm³/mol. The normalized spacial score (nSPS) is 10.5. The number of benzene rings is 1. The number of aromatic amines is 1. The smallest absolute Gasteiger partial charge is 0.0924 e. The van der Waals surface area contributed by atoms with Crippen molar-refractivity contribution in [2.75, 3.05) is 7.05 Å². The van der Waals surface area contributed by atoms with Crippen LogP contribution >= 0.6 is 0 Å². The van der Waals surface area contributed by atoms with Crippen LogP contribution in [0.25, 0.3) is 11.3 Å². The molecule has 0 spiro atoms. The molecule has 3 heteroatoms. The van der Waals surface area contributed by atoms with Crippen LogP contribution in [-0.4, -0.2) is 17.2 Å². The molecule has 0 aliphatic rings. The highest BCUT2D eigenvalue weighted by molar-refractivity contribution is 5.60. The number of rotatable bonds is 3. The van der Waals surface area contributed by atoms with Gasteiger partial charge in [0.15, 0.2) is 0 Å². The molecule has 1 aromatic heterocycles. The first kappa shape index (κ1) is 9.93. The van der Waals surface area contributed by atoms with Gasteiger partial charge in [-0.15, -0.1) is 0 Å². The van der Waals surface area contributed by atoms with Gasteiger partial charge in [-0.25, -0.2) is 0 Å². The highest BCUT2D eigenvalue weighted by atomic mass is 15.1. The fraction of sp³-hybridized carbons (Fsp3) is 0.250. The van der Waals surface area contributed by atoms with Gasteiger partial charge in [-0.1, -0.05) is 23.8 Å². The molecule has 0 atom stereocenters. The second kappa shape index (κ2) is 4.28. The third kappa shape index (κ3) is 2.25. The highest BCUT2D eigenvalue weighted by Crippen LogP contribution is 2.18. The molecule has 2 aromatic rings. The number of hydrogen-bond donors (Lipinski definition) is 2. The van der Waals surface area contributed by atoms with Gasteiger partial charge in [-0.2, -0.15) is 5.10 Å². The SMILES string of the molecule is CNCc1cc(-c2cccc(C)c2)n[nH]1. The van der Waals surface area contributed by atoms with Gasteiger partial charge in [0.1, 0.15) is 0 Å². The van der Waals surface area contributed by atoms with E-state index in [1.54, 1.807) is 0 Å². The van der Waals surface area contributed by atoms with Crippen LogP contribution in [0.4, 0.5) is 0 Å². The van der Waals surface area contributed by atoms with Gasteiger partial charge in [0.25, 0.3) is 0 Å². The van der Waals surface area contributed by atoms with E-state index < -0.39 is 0 Å². The molecule has 15 heavy (non-hydrogen) atoms. The second-order valence-corrected chi connectivity index (χ2v) is 3.68. The molecule has 3 nitrogen and oxygen atoms in total. The van der Waals surface area contributed by atoms with E-state index in [1.807, 2.05) is 7.05 Å². The lowest BCUT2D eigenvalue weighted by Crippen LogP contribution is -2.04. The van der Waals surface area contributed by atoms with Gasteiger partial charge in [0.2, 0.25) is 0 Å². The largest absolute Gasteiger partial charge is 0.314 e. The van der Waals surface area contributed by atoms with Gasteiger partial charge in [0, 0.05) is 17.8 Å². The molecule has 2 N–H and O–H groups in total. The van der Waals surface area contributed by atoms with Gasteiger partial charge < -0.3 is 5.32 Å². The minimum Gasteiger partial charge on any atom is -0.314 e. The summed E-state index contributed by atoms with van der Waals surface area (Å²) >= 11 is 0. The van der Waals surface area contributed by atoms with Crippen molar-refractivity contribution >= 4 is 0 Å². The fourth-order valence-electron chi connectivity index (χ4n) is 1.59. The number of hydrogen-bond acceptors (Lipinski definition) is 2. The number of aromatic nitrogens is 2. The Morgan fingerprint density at radius 1 is 1.33 bits per heavy atom. The van der Waals surface area contributed by atoms with Crippen molar-refractivity contribution in [1.82, 2.24) is 15.5 Å². The maximum absolute atomic E-state index is 4.28. The van der Waals surface area contributed by atoms with Crippen LogP contribution in [0, 0.1) is 6.92 Å². The zero-order valence-corrected chi connectivity index (χ0v) is 9.04. The summed E-state index contributed by atoms with van der Waals surface area (Å²) in [7, 11) is 1.92. The number of nitrogens with zero attached hydrogens (tertiary/aromatic N) is 1. The van der Waals surface area contributed by atoms with E-state index in [0.29, 0.717) is 0 Å². The molecule has 0 saturated carbocycles. The van der Waals surface area contributed by atoms with Crippen LogP contribution in [-0.2, 0) is 6.54 Å². The molecule has 2 rings (SSSR count). The Morgan fingerprint density at radius 2 is 2.20 bits per heavy atom. The Kier molecular flexibility index (Phi) is 2.83. The number of aryl methyl sites for hydroxylation is 1. The van der Waals surface area contributed by atoms with E-state index in [9.17, 15) is 0 Å². The molecule has 78 valence electrons. The summed E-state index contributed by atoms with van der Waals surface area (Å²) in [5, 5.41) is 10.4. The van der Waals surface area contributed by atoms with E-state index >= 15 is 0 Å². The minimum atomic E-state index is 0.818. The number of nitrogens with one attached hydrogen (secondary N) is 2. The average Bonchev–Trinajstić information content (AvgIpc) is 2.67. The summed E-state index contributed by atoms with van der Waals surface area (Å²) in [6.45, 7) is 2.91. The van der Waals surface area contributed by atoms with Crippen LogP contribution in [0.15, 0.2) is 30.3 Å². The topological polar surface area (TPSA) is 40.7 Å². The average molecular weight is 201 g/mol. The summed E-state index contributed by atoms with van der Waals surface area (Å²) in [5.41, 5.74) is 4.53. The molecule has 0 aliphatic carbocycles. The first-order valence-corrected chi connectivity index (χ1v) is 5.05. The molecule has 0 amide bonds. The van der Waals surface area contributed by atoms with Crippen molar-refractivity contribution in [3.8, 4) is 11.3 Å². The van der Waals surface area contributed by atoms with Crippen LogP contribution in [0.1, 0.15) is 11.3 Å². The second-order valence-electron chi connectivity index (χ2n) is 3.68. The van der Waals surface area contributed by atoms with Crippen LogP contribution in [0.5, 0.6) is 0 Å². The molecule has 0 fully saturated rings. The zero-order valence-electron chi connectivity index (χ0n) is 9.04. The van der Waals surface area contributed by atoms with Crippen molar-refractivity contribution in [2.45, 2.75) is 13.5 Å². The highest BCUT2D eigenvalue weighted by Gasteiger charge is 2.02. The van der Waals surface area contributed by atoms with E-state index in [-0.39, 0.29) is 0 Å². The third-order valence-electron chi connectivity index (χ3n) is 2.31. The lowest BCUT2D eigenvalue weighted by atomic mass is 10.1. The molecule has 1 heterocycles. The van der Waals surface area contributed by atoms with Gasteiger partial charge in [-0.05, 0) is 26.1 Å². The van der Waals surface area contributed by atoms with Crippen LogP contribution in [0.3, 0.4) is 0 Å². The van der Waals surface area contributed by atoms with E-state index in [1.165, 1.54) is 5.56 Å². The number of H-pyrrole nitrogens is 1. The van der Waals surface area contributed by atoms with Gasteiger partial charge in [0.05, 0.1) is 5.69 Å². The standard InChI is InChI=1S/C12H15N3/c1-9-4-3-5-10(6-9)12-7-11(8-13-2)14-15-12/h3-7,13H,8H2,1-2H3,(H,14,15). The van der Waals surface area contributed by atoms with Crippen LogP contribution in [0.2, 0.25) is 0 Å². The van der Waals surface area contributed by atoms with Crippen LogP contribution < -0.4 is 5.32 Å². The van der Waals surface area contributed by atoms with Crippen molar-refractivity contribution in [3.63, 3.8) is 0 Å². The van der Waals surface area contributed by atoms with Gasteiger partial charge >= 0.3 is 0 Å². The Balaban J connectivity index is 2.29. The van der Waals surface area contributed by atoms with Crippen molar-refractivity contribution in [3.05, 3.63) is 41.6 Å². The molecule has 0 aliphatic heterocycles. The lowest BCUT2D eigenvalue weighted by Gasteiger charge is -1.97. The summed E-state index contributed by atoms with van der Waals surface area (Å²) in [6.07, 6.45) is 0. The first-order chi connectivity index (χ1) is 7.29. The summed E-state index contributed by atoms with van der Waals surface area (Å²) in [6, 6.07) is 10.4. The lowest BCUT2D eigenvalue weighted by molar-refractivity contribution is 0.784. The quantitative estimate of drug-likeness (QED) is 0.798. The molecule has 0 bridgehead atoms. The Morgan fingerprint density at radius 3 is 2.93 bits per heavy atom. The van der Waals surface area contributed by atoms with Crippen molar-refractivity contribution in [2.24, 2.45) is 0 Å². The maximum atomic E-state index is 4.28. The molecular formula is C12H15N3. The van der Waals surface area contributed by atoms with E-state index in [2.05, 4.69) is 52.8 Å². The fourth-order valence-corrected chi connectivity index (χ4v) is 1.59. The Labute approximate surface area is 89.5 Å². The molecule has 0 unspecified atom stereocenters. The molecular weight excluding hydrogens is 186 g/mol. The summed E-state index contributed by atoms with van der Waals surface area (Å²) in [4.78, 5) is 0. The van der Waals surface area contributed by atoms with Gasteiger partial charge in [-0.3, -0.25) is 5.10 Å². The predicted octanol–water partition coefficient (Wildman–Crippen LogP) is 2.10. The monoisotopic (exact) mass is 201 g/mol. The maximum Gasteiger partial charge on any atom is 0.0924 e.